The van der Waals surface area contributed by atoms with Crippen LogP contribution in [0, 0.1) is 6.92 Å². The summed E-state index contributed by atoms with van der Waals surface area (Å²) in [6.07, 6.45) is 4.30. The van der Waals surface area contributed by atoms with Crippen molar-refractivity contribution in [2.24, 2.45) is 0 Å². The van der Waals surface area contributed by atoms with E-state index in [-0.39, 0.29) is 5.56 Å². The Hall–Kier alpha value is -1.88. The molecule has 0 saturated carbocycles. The molecule has 0 atom stereocenters. The molecule has 1 N–H and O–H groups in total. The van der Waals surface area contributed by atoms with Gasteiger partial charge in [0.05, 0.1) is 16.9 Å². The summed E-state index contributed by atoms with van der Waals surface area (Å²) in [5.41, 5.74) is 1.25. The first-order chi connectivity index (χ1) is 7.58. The number of carboxylic acid groups (broad SMARTS) is 1. The number of halogens is 1. The number of aromatic nitrogens is 3. The molecular weight excluding hydrogens is 230 g/mol. The number of rotatable bonds is 2. The van der Waals surface area contributed by atoms with Crippen LogP contribution < -0.4 is 0 Å². The molecule has 0 fully saturated rings. The summed E-state index contributed by atoms with van der Waals surface area (Å²) in [6.45, 7) is 1.78. The first kappa shape index (κ1) is 10.6. The third-order valence-corrected chi connectivity index (χ3v) is 2.24. The summed E-state index contributed by atoms with van der Waals surface area (Å²) in [5, 5.41) is 13.4. The zero-order chi connectivity index (χ0) is 11.7. The van der Waals surface area contributed by atoms with Crippen LogP contribution in [0.15, 0.2) is 24.7 Å². The second kappa shape index (κ2) is 3.94. The van der Waals surface area contributed by atoms with Crippen molar-refractivity contribution in [3.05, 3.63) is 40.9 Å². The van der Waals surface area contributed by atoms with Gasteiger partial charge in [0.1, 0.15) is 5.56 Å². The maximum absolute atomic E-state index is 11.0. The fourth-order valence-electron chi connectivity index (χ4n) is 1.33. The average Bonchev–Trinajstić information content (AvgIpc) is 2.64. The van der Waals surface area contributed by atoms with Crippen LogP contribution in [0.3, 0.4) is 0 Å². The van der Waals surface area contributed by atoms with Gasteiger partial charge in [0.2, 0.25) is 0 Å². The molecule has 0 radical (unpaired) electrons. The SMILES string of the molecule is Cc1cc(-n2cc(Cl)cn2)c(C(=O)O)cn1. The van der Waals surface area contributed by atoms with Gasteiger partial charge in [0, 0.05) is 18.1 Å². The normalized spacial score (nSPS) is 10.4. The highest BCUT2D eigenvalue weighted by atomic mass is 35.5. The highest BCUT2D eigenvalue weighted by Gasteiger charge is 2.13. The van der Waals surface area contributed by atoms with Crippen molar-refractivity contribution < 1.29 is 9.90 Å². The zero-order valence-corrected chi connectivity index (χ0v) is 9.14. The average molecular weight is 238 g/mol. The van der Waals surface area contributed by atoms with Gasteiger partial charge in [0.15, 0.2) is 0 Å². The van der Waals surface area contributed by atoms with E-state index in [4.69, 9.17) is 16.7 Å². The van der Waals surface area contributed by atoms with Crippen LogP contribution in [0.5, 0.6) is 0 Å². The van der Waals surface area contributed by atoms with Crippen LogP contribution in [0.25, 0.3) is 5.69 Å². The molecule has 0 unspecified atom stereocenters. The smallest absolute Gasteiger partial charge is 0.339 e. The Morgan fingerprint density at radius 1 is 1.50 bits per heavy atom. The van der Waals surface area contributed by atoms with Crippen LogP contribution in [0.2, 0.25) is 5.02 Å². The molecule has 2 aromatic rings. The standard InChI is InChI=1S/C10H8ClN3O2/c1-6-2-9(8(4-12-6)10(15)16)14-5-7(11)3-13-14/h2-5H,1H3,(H,15,16). The van der Waals surface area contributed by atoms with Crippen LogP contribution in [-0.4, -0.2) is 25.8 Å². The van der Waals surface area contributed by atoms with Gasteiger partial charge in [-0.2, -0.15) is 5.10 Å². The molecule has 0 aliphatic rings. The summed E-state index contributed by atoms with van der Waals surface area (Å²) in [6, 6.07) is 1.65. The van der Waals surface area contributed by atoms with Gasteiger partial charge in [-0.25, -0.2) is 9.48 Å². The molecule has 0 bridgehead atoms. The maximum Gasteiger partial charge on any atom is 0.339 e. The second-order valence-electron chi connectivity index (χ2n) is 3.25. The lowest BCUT2D eigenvalue weighted by Gasteiger charge is -2.06. The van der Waals surface area contributed by atoms with Crippen LogP contribution >= 0.6 is 11.6 Å². The molecular formula is C10H8ClN3O2. The Labute approximate surface area is 96.3 Å². The number of aromatic carboxylic acids is 1. The first-order valence-electron chi connectivity index (χ1n) is 4.48. The van der Waals surface area contributed by atoms with Crippen molar-refractivity contribution in [1.29, 1.82) is 0 Å². The van der Waals surface area contributed by atoms with Crippen molar-refractivity contribution in [3.63, 3.8) is 0 Å². The Kier molecular flexibility index (Phi) is 2.62. The van der Waals surface area contributed by atoms with Gasteiger partial charge >= 0.3 is 5.97 Å². The minimum atomic E-state index is -1.05. The van der Waals surface area contributed by atoms with Crippen LogP contribution in [0.4, 0.5) is 0 Å². The van der Waals surface area contributed by atoms with Gasteiger partial charge < -0.3 is 5.11 Å². The monoisotopic (exact) mass is 237 g/mol. The van der Waals surface area contributed by atoms with Crippen LogP contribution in [-0.2, 0) is 0 Å². The van der Waals surface area contributed by atoms with E-state index in [1.807, 2.05) is 0 Å². The van der Waals surface area contributed by atoms with Gasteiger partial charge in [-0.1, -0.05) is 11.6 Å². The van der Waals surface area contributed by atoms with E-state index in [0.29, 0.717) is 16.4 Å². The summed E-state index contributed by atoms with van der Waals surface area (Å²) >= 11 is 5.74. The summed E-state index contributed by atoms with van der Waals surface area (Å²) in [4.78, 5) is 14.9. The number of pyridine rings is 1. The third-order valence-electron chi connectivity index (χ3n) is 2.05. The summed E-state index contributed by atoms with van der Waals surface area (Å²) < 4.78 is 1.42. The maximum atomic E-state index is 11.0. The van der Waals surface area contributed by atoms with E-state index in [1.54, 1.807) is 19.2 Å². The predicted octanol–water partition coefficient (Wildman–Crippen LogP) is 1.93. The van der Waals surface area contributed by atoms with Crippen molar-refractivity contribution in [2.75, 3.05) is 0 Å². The van der Waals surface area contributed by atoms with E-state index in [9.17, 15) is 4.79 Å². The number of carbonyl (C=O) groups is 1. The van der Waals surface area contributed by atoms with Crippen molar-refractivity contribution in [2.45, 2.75) is 6.92 Å². The molecule has 2 heterocycles. The second-order valence-corrected chi connectivity index (χ2v) is 3.69. The molecule has 82 valence electrons. The van der Waals surface area contributed by atoms with Gasteiger partial charge in [-0.05, 0) is 13.0 Å². The number of hydrogen-bond acceptors (Lipinski definition) is 3. The van der Waals surface area contributed by atoms with Gasteiger partial charge in [0.25, 0.3) is 0 Å². The minimum Gasteiger partial charge on any atom is -0.478 e. The molecule has 2 rings (SSSR count). The molecule has 0 saturated heterocycles. The lowest BCUT2D eigenvalue weighted by Crippen LogP contribution is -2.07. The molecule has 0 aromatic carbocycles. The third kappa shape index (κ3) is 1.90. The molecule has 0 amide bonds. The molecule has 16 heavy (non-hydrogen) atoms. The van der Waals surface area contributed by atoms with Crippen molar-refractivity contribution in [1.82, 2.24) is 14.8 Å². The largest absolute Gasteiger partial charge is 0.478 e. The molecule has 0 spiro atoms. The van der Waals surface area contributed by atoms with E-state index in [2.05, 4.69) is 10.1 Å². The van der Waals surface area contributed by atoms with E-state index < -0.39 is 5.97 Å². The quantitative estimate of drug-likeness (QED) is 0.867. The highest BCUT2D eigenvalue weighted by molar-refractivity contribution is 6.30. The summed E-state index contributed by atoms with van der Waals surface area (Å²) in [5.74, 6) is -1.05. The number of hydrogen-bond donors (Lipinski definition) is 1. The van der Waals surface area contributed by atoms with Crippen molar-refractivity contribution >= 4 is 17.6 Å². The molecule has 0 aliphatic carbocycles. The first-order valence-corrected chi connectivity index (χ1v) is 4.86. The number of carboxylic acids is 1. The minimum absolute atomic E-state index is 0.0883. The Morgan fingerprint density at radius 3 is 2.81 bits per heavy atom. The van der Waals surface area contributed by atoms with E-state index in [1.165, 1.54) is 17.1 Å². The fraction of sp³-hybridized carbons (Fsp3) is 0.100. The van der Waals surface area contributed by atoms with Gasteiger partial charge in [-0.3, -0.25) is 4.98 Å². The Balaban J connectivity index is 2.62. The number of nitrogens with zero attached hydrogens (tertiary/aromatic N) is 3. The fourth-order valence-corrected chi connectivity index (χ4v) is 1.47. The highest BCUT2D eigenvalue weighted by Crippen LogP contribution is 2.16. The lowest BCUT2D eigenvalue weighted by molar-refractivity contribution is 0.0696. The lowest BCUT2D eigenvalue weighted by atomic mass is 10.2. The van der Waals surface area contributed by atoms with Crippen molar-refractivity contribution in [3.8, 4) is 5.69 Å². The zero-order valence-electron chi connectivity index (χ0n) is 8.38. The van der Waals surface area contributed by atoms with Crippen LogP contribution in [0.1, 0.15) is 16.1 Å². The summed E-state index contributed by atoms with van der Waals surface area (Å²) in [7, 11) is 0. The predicted molar refractivity (Wildman–Crippen MR) is 58.1 cm³/mol. The van der Waals surface area contributed by atoms with E-state index in [0.717, 1.165) is 0 Å². The number of aryl methyl sites for hydroxylation is 1. The molecule has 2 aromatic heterocycles. The Bertz CT molecular complexity index is 551. The topological polar surface area (TPSA) is 68.0 Å². The molecule has 0 aliphatic heterocycles. The molecule has 5 nitrogen and oxygen atoms in total. The van der Waals surface area contributed by atoms with Gasteiger partial charge in [-0.15, -0.1) is 0 Å². The Morgan fingerprint density at radius 2 is 2.25 bits per heavy atom. The molecule has 6 heteroatoms. The van der Waals surface area contributed by atoms with E-state index >= 15 is 0 Å².